The number of amides is 2. The van der Waals surface area contributed by atoms with Crippen molar-refractivity contribution in [3.63, 3.8) is 0 Å². The van der Waals surface area contributed by atoms with Gasteiger partial charge in [0, 0.05) is 24.4 Å². The van der Waals surface area contributed by atoms with E-state index in [1.807, 2.05) is 22.4 Å². The van der Waals surface area contributed by atoms with Gasteiger partial charge in [-0.2, -0.15) is 0 Å². The molecule has 2 unspecified atom stereocenters. The maximum atomic E-state index is 12.4. The fourth-order valence-corrected chi connectivity index (χ4v) is 3.59. The SMILES string of the molecule is O=C(NCCC1CC1)N1CCOCC1CC(O)c1cccs1. The third kappa shape index (κ3) is 4.21. The zero-order valence-corrected chi connectivity index (χ0v) is 13.6. The molecular formula is C16H24N2O3S. The van der Waals surface area contributed by atoms with Crippen LogP contribution in [-0.4, -0.2) is 48.4 Å². The Labute approximate surface area is 135 Å². The number of rotatable bonds is 6. The van der Waals surface area contributed by atoms with Gasteiger partial charge in [-0.05, 0) is 23.8 Å². The maximum Gasteiger partial charge on any atom is 0.317 e. The van der Waals surface area contributed by atoms with Gasteiger partial charge in [0.15, 0.2) is 0 Å². The molecule has 2 N–H and O–H groups in total. The number of carbonyl (C=O) groups excluding carboxylic acids is 1. The highest BCUT2D eigenvalue weighted by molar-refractivity contribution is 7.10. The highest BCUT2D eigenvalue weighted by atomic mass is 32.1. The molecule has 0 radical (unpaired) electrons. The van der Waals surface area contributed by atoms with Crippen LogP contribution in [0.25, 0.3) is 0 Å². The second-order valence-corrected chi connectivity index (χ2v) is 7.13. The van der Waals surface area contributed by atoms with E-state index in [1.54, 1.807) is 11.3 Å². The molecule has 122 valence electrons. The zero-order chi connectivity index (χ0) is 15.4. The predicted octanol–water partition coefficient (Wildman–Crippen LogP) is 2.38. The highest BCUT2D eigenvalue weighted by Gasteiger charge is 2.30. The number of hydrogen-bond acceptors (Lipinski definition) is 4. The van der Waals surface area contributed by atoms with Crippen LogP contribution in [0, 0.1) is 5.92 Å². The molecule has 2 atom stereocenters. The molecule has 1 aromatic heterocycles. The third-order valence-corrected chi connectivity index (χ3v) is 5.35. The summed E-state index contributed by atoms with van der Waals surface area (Å²) >= 11 is 1.54. The number of carbonyl (C=O) groups is 1. The minimum absolute atomic E-state index is 0.0210. The van der Waals surface area contributed by atoms with Crippen molar-refractivity contribution in [3.05, 3.63) is 22.4 Å². The van der Waals surface area contributed by atoms with Crippen LogP contribution in [0.15, 0.2) is 17.5 Å². The lowest BCUT2D eigenvalue weighted by Gasteiger charge is -2.36. The smallest absolute Gasteiger partial charge is 0.317 e. The lowest BCUT2D eigenvalue weighted by Crippen LogP contribution is -2.53. The number of thiophene rings is 1. The first-order valence-corrected chi connectivity index (χ1v) is 8.95. The standard InChI is InChI=1S/C16H24N2O3S/c19-14(15-2-1-9-22-15)10-13-11-21-8-7-18(13)16(20)17-6-5-12-3-4-12/h1-2,9,12-14,19H,3-8,10-11H2,(H,17,20). The Morgan fingerprint density at radius 3 is 3.14 bits per heavy atom. The van der Waals surface area contributed by atoms with Gasteiger partial charge in [-0.3, -0.25) is 0 Å². The van der Waals surface area contributed by atoms with Crippen LogP contribution in [0.3, 0.4) is 0 Å². The van der Waals surface area contributed by atoms with Crippen molar-refractivity contribution in [2.45, 2.75) is 37.8 Å². The highest BCUT2D eigenvalue weighted by Crippen LogP contribution is 2.31. The molecular weight excluding hydrogens is 300 g/mol. The molecule has 1 saturated heterocycles. The number of nitrogens with zero attached hydrogens (tertiary/aromatic N) is 1. The Hall–Kier alpha value is -1.11. The van der Waals surface area contributed by atoms with Crippen molar-refractivity contribution in [2.24, 2.45) is 5.92 Å². The maximum absolute atomic E-state index is 12.4. The lowest BCUT2D eigenvalue weighted by molar-refractivity contribution is -0.00646. The van der Waals surface area contributed by atoms with Crippen LogP contribution in [0.4, 0.5) is 4.79 Å². The number of aliphatic hydroxyl groups excluding tert-OH is 1. The first-order chi connectivity index (χ1) is 10.7. The van der Waals surface area contributed by atoms with Crippen LogP contribution in [0.2, 0.25) is 0 Å². The van der Waals surface area contributed by atoms with E-state index in [9.17, 15) is 9.90 Å². The van der Waals surface area contributed by atoms with Gasteiger partial charge in [0.25, 0.3) is 0 Å². The van der Waals surface area contributed by atoms with E-state index in [-0.39, 0.29) is 12.1 Å². The number of urea groups is 1. The molecule has 2 aliphatic rings. The largest absolute Gasteiger partial charge is 0.387 e. The molecule has 1 aliphatic carbocycles. The average molecular weight is 324 g/mol. The van der Waals surface area contributed by atoms with Crippen molar-refractivity contribution < 1.29 is 14.6 Å². The second-order valence-electron chi connectivity index (χ2n) is 6.15. The van der Waals surface area contributed by atoms with E-state index in [4.69, 9.17) is 4.74 Å². The minimum atomic E-state index is -0.534. The van der Waals surface area contributed by atoms with Crippen LogP contribution in [-0.2, 0) is 4.74 Å². The summed E-state index contributed by atoms with van der Waals surface area (Å²) in [6.45, 7) is 2.41. The van der Waals surface area contributed by atoms with Gasteiger partial charge in [-0.25, -0.2) is 4.79 Å². The molecule has 0 spiro atoms. The summed E-state index contributed by atoms with van der Waals surface area (Å²) in [4.78, 5) is 15.1. The first kappa shape index (κ1) is 15.8. The third-order valence-electron chi connectivity index (χ3n) is 4.38. The summed E-state index contributed by atoms with van der Waals surface area (Å²) in [5.41, 5.74) is 0. The van der Waals surface area contributed by atoms with Gasteiger partial charge in [0.2, 0.25) is 0 Å². The Balaban J connectivity index is 1.51. The Bertz CT molecular complexity index is 476. The number of aliphatic hydroxyl groups is 1. The summed E-state index contributed by atoms with van der Waals surface area (Å²) in [5.74, 6) is 0.821. The van der Waals surface area contributed by atoms with Crippen LogP contribution in [0.1, 0.15) is 36.7 Å². The normalized spacial score (nSPS) is 23.3. The fraction of sp³-hybridized carbons (Fsp3) is 0.688. The van der Waals surface area contributed by atoms with Gasteiger partial charge in [0.1, 0.15) is 0 Å². The quantitative estimate of drug-likeness (QED) is 0.844. The molecule has 2 heterocycles. The number of nitrogens with one attached hydrogen (secondary N) is 1. The van der Waals surface area contributed by atoms with Crippen molar-refractivity contribution in [1.29, 1.82) is 0 Å². The van der Waals surface area contributed by atoms with Gasteiger partial charge in [-0.15, -0.1) is 11.3 Å². The monoisotopic (exact) mass is 324 g/mol. The summed E-state index contributed by atoms with van der Waals surface area (Å²) < 4.78 is 5.50. The average Bonchev–Trinajstić information content (AvgIpc) is 3.17. The van der Waals surface area contributed by atoms with Crippen molar-refractivity contribution in [1.82, 2.24) is 10.2 Å². The summed E-state index contributed by atoms with van der Waals surface area (Å²) in [5, 5.41) is 15.3. The summed E-state index contributed by atoms with van der Waals surface area (Å²) in [6, 6.07) is 3.78. The van der Waals surface area contributed by atoms with Crippen molar-refractivity contribution in [3.8, 4) is 0 Å². The van der Waals surface area contributed by atoms with Gasteiger partial charge >= 0.3 is 6.03 Å². The van der Waals surface area contributed by atoms with E-state index < -0.39 is 6.10 Å². The number of hydrogen-bond donors (Lipinski definition) is 2. The van der Waals surface area contributed by atoms with E-state index in [0.29, 0.717) is 26.2 Å². The van der Waals surface area contributed by atoms with E-state index in [0.717, 1.165) is 23.8 Å². The predicted molar refractivity (Wildman–Crippen MR) is 85.9 cm³/mol. The Kier molecular flexibility index (Phi) is 5.33. The Morgan fingerprint density at radius 1 is 1.55 bits per heavy atom. The van der Waals surface area contributed by atoms with E-state index >= 15 is 0 Å². The van der Waals surface area contributed by atoms with E-state index in [2.05, 4.69) is 5.32 Å². The van der Waals surface area contributed by atoms with Gasteiger partial charge in [0.05, 0.1) is 25.4 Å². The van der Waals surface area contributed by atoms with Crippen LogP contribution in [0.5, 0.6) is 0 Å². The van der Waals surface area contributed by atoms with Crippen molar-refractivity contribution in [2.75, 3.05) is 26.3 Å². The molecule has 6 heteroatoms. The molecule has 0 aromatic carbocycles. The number of morpholine rings is 1. The van der Waals surface area contributed by atoms with Gasteiger partial charge in [-0.1, -0.05) is 18.9 Å². The van der Waals surface area contributed by atoms with E-state index in [1.165, 1.54) is 12.8 Å². The van der Waals surface area contributed by atoms with Crippen LogP contribution >= 0.6 is 11.3 Å². The zero-order valence-electron chi connectivity index (χ0n) is 12.7. The molecule has 5 nitrogen and oxygen atoms in total. The summed E-state index contributed by atoms with van der Waals surface area (Å²) in [6.07, 6.45) is 3.69. The molecule has 22 heavy (non-hydrogen) atoms. The first-order valence-electron chi connectivity index (χ1n) is 8.07. The fourth-order valence-electron chi connectivity index (χ4n) is 2.86. The molecule has 2 amide bonds. The molecule has 1 aromatic rings. The minimum Gasteiger partial charge on any atom is -0.387 e. The molecule has 3 rings (SSSR count). The van der Waals surface area contributed by atoms with Crippen LogP contribution < -0.4 is 5.32 Å². The second kappa shape index (κ2) is 7.44. The van der Waals surface area contributed by atoms with Gasteiger partial charge < -0.3 is 20.1 Å². The molecule has 1 saturated carbocycles. The number of ether oxygens (including phenoxy) is 1. The molecule has 0 bridgehead atoms. The lowest BCUT2D eigenvalue weighted by atomic mass is 10.1. The summed E-state index contributed by atoms with van der Waals surface area (Å²) in [7, 11) is 0. The molecule has 2 fully saturated rings. The topological polar surface area (TPSA) is 61.8 Å². The molecule has 1 aliphatic heterocycles. The Morgan fingerprint density at radius 2 is 2.41 bits per heavy atom. The van der Waals surface area contributed by atoms with Crippen molar-refractivity contribution >= 4 is 17.4 Å².